The van der Waals surface area contributed by atoms with Gasteiger partial charge in [-0.2, -0.15) is 0 Å². The Bertz CT molecular complexity index is 570. The Kier molecular flexibility index (Phi) is 9.89. The zero-order chi connectivity index (χ0) is 17.4. The smallest absolute Gasteiger partial charge is 0.252 e. The SMILES string of the molecule is COCCNC(=O)CSc1ccccc1C(=O)NC(CN)C1CC1.Cl. The van der Waals surface area contributed by atoms with E-state index >= 15 is 0 Å². The lowest BCUT2D eigenvalue weighted by atomic mass is 10.1. The van der Waals surface area contributed by atoms with Crippen molar-refractivity contribution in [2.45, 2.75) is 23.8 Å². The summed E-state index contributed by atoms with van der Waals surface area (Å²) < 4.78 is 4.89. The summed E-state index contributed by atoms with van der Waals surface area (Å²) in [5.41, 5.74) is 6.34. The number of thioether (sulfide) groups is 1. The van der Waals surface area contributed by atoms with Crippen LogP contribution in [0.15, 0.2) is 29.2 Å². The molecule has 140 valence electrons. The van der Waals surface area contributed by atoms with E-state index in [0.29, 0.717) is 31.2 Å². The molecule has 0 aliphatic heterocycles. The van der Waals surface area contributed by atoms with E-state index in [1.165, 1.54) is 11.8 Å². The highest BCUT2D eigenvalue weighted by molar-refractivity contribution is 8.00. The Morgan fingerprint density at radius 1 is 1.36 bits per heavy atom. The Morgan fingerprint density at radius 2 is 2.08 bits per heavy atom. The molecule has 1 fully saturated rings. The van der Waals surface area contributed by atoms with Crippen molar-refractivity contribution in [3.8, 4) is 0 Å². The maximum Gasteiger partial charge on any atom is 0.252 e. The number of nitrogens with two attached hydrogens (primary N) is 1. The summed E-state index contributed by atoms with van der Waals surface area (Å²) >= 11 is 1.36. The van der Waals surface area contributed by atoms with Crippen molar-refractivity contribution in [1.29, 1.82) is 0 Å². The quantitative estimate of drug-likeness (QED) is 0.417. The normalized spacial score (nSPS) is 14.3. The summed E-state index contributed by atoms with van der Waals surface area (Å²) in [4.78, 5) is 25.1. The van der Waals surface area contributed by atoms with E-state index < -0.39 is 0 Å². The molecule has 1 saturated carbocycles. The van der Waals surface area contributed by atoms with Gasteiger partial charge in [0, 0.05) is 31.1 Å². The van der Waals surface area contributed by atoms with Gasteiger partial charge >= 0.3 is 0 Å². The monoisotopic (exact) mass is 387 g/mol. The molecule has 1 aromatic rings. The standard InChI is InChI=1S/C17H25N3O3S.ClH/c1-23-9-8-19-16(21)11-24-15-5-3-2-4-13(15)17(22)20-14(10-18)12-6-7-12;/h2-5,12,14H,6-11,18H2,1H3,(H,19,21)(H,20,22);1H. The maximum absolute atomic E-state index is 12.5. The molecular formula is C17H26ClN3O3S. The first-order valence-corrected chi connectivity index (χ1v) is 9.12. The number of nitrogens with one attached hydrogen (secondary N) is 2. The van der Waals surface area contributed by atoms with Crippen molar-refractivity contribution >= 4 is 36.0 Å². The molecule has 1 aromatic carbocycles. The van der Waals surface area contributed by atoms with Crippen molar-refractivity contribution in [2.24, 2.45) is 11.7 Å². The van der Waals surface area contributed by atoms with Crippen LogP contribution in [0.4, 0.5) is 0 Å². The summed E-state index contributed by atoms with van der Waals surface area (Å²) in [6, 6.07) is 7.36. The van der Waals surface area contributed by atoms with Crippen LogP contribution in [0.1, 0.15) is 23.2 Å². The van der Waals surface area contributed by atoms with Gasteiger partial charge in [0.25, 0.3) is 5.91 Å². The van der Waals surface area contributed by atoms with Gasteiger partial charge in [-0.25, -0.2) is 0 Å². The summed E-state index contributed by atoms with van der Waals surface area (Å²) in [6.07, 6.45) is 2.25. The zero-order valence-corrected chi connectivity index (χ0v) is 16.0. The van der Waals surface area contributed by atoms with Crippen LogP contribution in [0.3, 0.4) is 0 Å². The number of hydrogen-bond donors (Lipinski definition) is 3. The second-order valence-electron chi connectivity index (χ2n) is 5.78. The fraction of sp³-hybridized carbons (Fsp3) is 0.529. The third-order valence-corrected chi connectivity index (χ3v) is 4.95. The zero-order valence-electron chi connectivity index (χ0n) is 14.3. The Labute approximate surface area is 159 Å². The molecule has 0 heterocycles. The van der Waals surface area contributed by atoms with Crippen molar-refractivity contribution in [3.05, 3.63) is 29.8 Å². The number of carbonyl (C=O) groups excluding carboxylic acids is 2. The topological polar surface area (TPSA) is 93.4 Å². The van der Waals surface area contributed by atoms with Crippen LogP contribution in [0.2, 0.25) is 0 Å². The first-order valence-electron chi connectivity index (χ1n) is 8.14. The summed E-state index contributed by atoms with van der Waals surface area (Å²) in [7, 11) is 1.59. The van der Waals surface area contributed by atoms with Crippen molar-refractivity contribution < 1.29 is 14.3 Å². The Hall–Kier alpha value is -1.28. The summed E-state index contributed by atoms with van der Waals surface area (Å²) in [5.74, 6) is 0.562. The molecule has 1 aliphatic carbocycles. The average molecular weight is 388 g/mol. The molecule has 6 nitrogen and oxygen atoms in total. The molecule has 0 aromatic heterocycles. The third kappa shape index (κ3) is 7.23. The number of hydrogen-bond acceptors (Lipinski definition) is 5. The fourth-order valence-electron chi connectivity index (χ4n) is 2.38. The average Bonchev–Trinajstić information content (AvgIpc) is 3.43. The molecule has 1 atom stereocenters. The van der Waals surface area contributed by atoms with E-state index in [1.54, 1.807) is 13.2 Å². The molecule has 4 N–H and O–H groups in total. The Balaban J connectivity index is 0.00000312. The van der Waals surface area contributed by atoms with Crippen LogP contribution in [-0.2, 0) is 9.53 Å². The van der Waals surface area contributed by atoms with E-state index in [0.717, 1.165) is 17.7 Å². The number of amides is 2. The maximum atomic E-state index is 12.5. The van der Waals surface area contributed by atoms with E-state index in [9.17, 15) is 9.59 Å². The van der Waals surface area contributed by atoms with Gasteiger partial charge in [0.15, 0.2) is 0 Å². The molecular weight excluding hydrogens is 362 g/mol. The minimum Gasteiger partial charge on any atom is -0.383 e. The Morgan fingerprint density at radius 3 is 2.72 bits per heavy atom. The van der Waals surface area contributed by atoms with E-state index in [-0.39, 0.29) is 36.0 Å². The molecule has 0 spiro atoms. The van der Waals surface area contributed by atoms with Gasteiger partial charge in [0.1, 0.15) is 0 Å². The molecule has 1 unspecified atom stereocenters. The minimum atomic E-state index is -0.125. The van der Waals surface area contributed by atoms with Crippen LogP contribution in [0.25, 0.3) is 0 Å². The lowest BCUT2D eigenvalue weighted by Crippen LogP contribution is -2.41. The molecule has 8 heteroatoms. The molecule has 0 bridgehead atoms. The number of halogens is 1. The second kappa shape index (κ2) is 11.4. The number of benzene rings is 1. The number of rotatable bonds is 10. The van der Waals surface area contributed by atoms with Gasteiger partial charge in [-0.3, -0.25) is 9.59 Å². The van der Waals surface area contributed by atoms with Crippen molar-refractivity contribution in [3.63, 3.8) is 0 Å². The number of ether oxygens (including phenoxy) is 1. The van der Waals surface area contributed by atoms with Gasteiger partial charge in [-0.1, -0.05) is 12.1 Å². The summed E-state index contributed by atoms with van der Waals surface area (Å²) in [6.45, 7) is 1.42. The lowest BCUT2D eigenvalue weighted by Gasteiger charge is -2.17. The highest BCUT2D eigenvalue weighted by Gasteiger charge is 2.31. The van der Waals surface area contributed by atoms with Gasteiger partial charge in [0.2, 0.25) is 5.91 Å². The van der Waals surface area contributed by atoms with Gasteiger partial charge < -0.3 is 21.1 Å². The molecule has 25 heavy (non-hydrogen) atoms. The van der Waals surface area contributed by atoms with Crippen LogP contribution in [-0.4, -0.2) is 50.4 Å². The van der Waals surface area contributed by atoms with Crippen molar-refractivity contribution in [1.82, 2.24) is 10.6 Å². The second-order valence-corrected chi connectivity index (χ2v) is 6.80. The first kappa shape index (κ1) is 21.8. The minimum absolute atomic E-state index is 0. The predicted octanol–water partition coefficient (Wildman–Crippen LogP) is 1.43. The van der Waals surface area contributed by atoms with Crippen LogP contribution in [0, 0.1) is 5.92 Å². The fourth-order valence-corrected chi connectivity index (χ4v) is 3.26. The van der Waals surface area contributed by atoms with Gasteiger partial charge in [-0.15, -0.1) is 24.2 Å². The van der Waals surface area contributed by atoms with E-state index in [2.05, 4.69) is 10.6 Å². The molecule has 2 amide bonds. The molecule has 0 radical (unpaired) electrons. The molecule has 1 aliphatic rings. The molecule has 2 rings (SSSR count). The number of methoxy groups -OCH3 is 1. The van der Waals surface area contributed by atoms with Crippen molar-refractivity contribution in [2.75, 3.05) is 32.6 Å². The third-order valence-electron chi connectivity index (χ3n) is 3.88. The van der Waals surface area contributed by atoms with E-state index in [4.69, 9.17) is 10.5 Å². The molecule has 0 saturated heterocycles. The largest absolute Gasteiger partial charge is 0.383 e. The van der Waals surface area contributed by atoms with Crippen LogP contribution >= 0.6 is 24.2 Å². The predicted molar refractivity (Wildman–Crippen MR) is 102 cm³/mol. The first-order chi connectivity index (χ1) is 11.7. The lowest BCUT2D eigenvalue weighted by molar-refractivity contribution is -0.118. The van der Waals surface area contributed by atoms with Crippen LogP contribution in [0.5, 0.6) is 0 Å². The summed E-state index contributed by atoms with van der Waals surface area (Å²) in [5, 5.41) is 5.79. The number of carbonyl (C=O) groups is 2. The van der Waals surface area contributed by atoms with Crippen LogP contribution < -0.4 is 16.4 Å². The van der Waals surface area contributed by atoms with E-state index in [1.807, 2.05) is 18.2 Å². The van der Waals surface area contributed by atoms with Gasteiger partial charge in [0.05, 0.1) is 17.9 Å². The highest BCUT2D eigenvalue weighted by Crippen LogP contribution is 2.32. The van der Waals surface area contributed by atoms with Gasteiger partial charge in [-0.05, 0) is 30.9 Å². The highest BCUT2D eigenvalue weighted by atomic mass is 35.5.